The van der Waals surface area contributed by atoms with Crippen LogP contribution in [0.4, 0.5) is 0 Å². The van der Waals surface area contributed by atoms with Gasteiger partial charge in [-0.3, -0.25) is 0 Å². The normalized spacial score (nSPS) is 13.1. The summed E-state index contributed by atoms with van der Waals surface area (Å²) >= 11 is 1.93. The van der Waals surface area contributed by atoms with E-state index in [1.165, 1.54) is 96.4 Å². The monoisotopic (exact) mass is 510 g/mol. The smallest absolute Gasteiger partial charge is 0.0720 e. The molecule has 0 radical (unpaired) electrons. The zero-order valence-corrected chi connectivity index (χ0v) is 21.5. The molecule has 0 atom stereocenters. The van der Waals surface area contributed by atoms with E-state index in [0.29, 0.717) is 0 Å². The molecule has 0 aliphatic heterocycles. The summed E-state index contributed by atoms with van der Waals surface area (Å²) in [4.78, 5) is 0. The Balaban J connectivity index is 1.53. The van der Waals surface area contributed by atoms with Crippen molar-refractivity contribution in [3.05, 3.63) is 109 Å². The zero-order valence-electron chi connectivity index (χ0n) is 20.7. The lowest BCUT2D eigenvalue weighted by Crippen LogP contribution is -1.82. The molecule has 39 heavy (non-hydrogen) atoms. The van der Waals surface area contributed by atoms with Gasteiger partial charge in [-0.25, -0.2) is 0 Å². The molecule has 5 heterocycles. The molecule has 178 valence electrons. The van der Waals surface area contributed by atoms with Gasteiger partial charge in [0.15, 0.2) is 0 Å². The molecule has 0 unspecified atom stereocenters. The summed E-state index contributed by atoms with van der Waals surface area (Å²) in [5.41, 5.74) is 7.91. The SMILES string of the molecule is c1ccc2c(c1)sc1c2ccc2c3cccc4c5c6c7ccccc7n7c8ccccc8c(cc5n(c34)c21)c67. The highest BCUT2D eigenvalue weighted by Crippen LogP contribution is 2.50. The van der Waals surface area contributed by atoms with E-state index >= 15 is 0 Å². The maximum atomic E-state index is 2.59. The van der Waals surface area contributed by atoms with Crippen LogP contribution in [-0.2, 0) is 0 Å². The lowest BCUT2D eigenvalue weighted by atomic mass is 10.0. The summed E-state index contributed by atoms with van der Waals surface area (Å²) in [6.07, 6.45) is 0. The molecule has 0 aliphatic carbocycles. The van der Waals surface area contributed by atoms with Crippen molar-refractivity contribution in [2.24, 2.45) is 0 Å². The fraction of sp³-hybridized carbons (Fsp3) is 0. The highest BCUT2D eigenvalue weighted by atomic mass is 32.1. The van der Waals surface area contributed by atoms with Gasteiger partial charge in [-0.05, 0) is 24.3 Å². The average Bonchev–Trinajstić information content (AvgIpc) is 3.76. The topological polar surface area (TPSA) is 8.82 Å². The van der Waals surface area contributed by atoms with E-state index in [-0.39, 0.29) is 0 Å². The second-order valence-corrected chi connectivity index (χ2v) is 11.9. The van der Waals surface area contributed by atoms with Crippen LogP contribution in [0.5, 0.6) is 0 Å². The van der Waals surface area contributed by atoms with Crippen molar-refractivity contribution < 1.29 is 0 Å². The largest absolute Gasteiger partial charge is 0.308 e. The van der Waals surface area contributed by atoms with Crippen LogP contribution in [0, 0.1) is 0 Å². The summed E-state index contributed by atoms with van der Waals surface area (Å²) in [6.45, 7) is 0. The lowest BCUT2D eigenvalue weighted by Gasteiger charge is -2.03. The number of hydrogen-bond donors (Lipinski definition) is 0. The third-order valence-corrected chi connectivity index (χ3v) is 10.3. The molecule has 0 N–H and O–H groups in total. The molecule has 6 aromatic carbocycles. The van der Waals surface area contributed by atoms with Gasteiger partial charge in [0.2, 0.25) is 0 Å². The number of para-hydroxylation sites is 3. The minimum atomic E-state index is 1.28. The fourth-order valence-corrected chi connectivity index (χ4v) is 8.96. The first-order chi connectivity index (χ1) is 19.4. The Morgan fingerprint density at radius 1 is 0.385 bits per heavy atom. The highest BCUT2D eigenvalue weighted by Gasteiger charge is 2.26. The number of fused-ring (bicyclic) bond motifs is 17. The number of rotatable bonds is 0. The number of thiophene rings is 1. The molecule has 0 bridgehead atoms. The maximum absolute atomic E-state index is 2.59. The van der Waals surface area contributed by atoms with E-state index in [4.69, 9.17) is 0 Å². The number of nitrogens with zero attached hydrogens (tertiary/aromatic N) is 2. The first-order valence-electron chi connectivity index (χ1n) is 13.5. The van der Waals surface area contributed by atoms with Crippen LogP contribution < -0.4 is 0 Å². The summed E-state index contributed by atoms with van der Waals surface area (Å²) in [6, 6.07) is 40.7. The molecular weight excluding hydrogens is 492 g/mol. The van der Waals surface area contributed by atoms with Gasteiger partial charge in [-0.15, -0.1) is 11.3 Å². The number of hydrogen-bond acceptors (Lipinski definition) is 1. The maximum Gasteiger partial charge on any atom is 0.0720 e. The third-order valence-electron chi connectivity index (χ3n) is 9.16. The molecule has 2 nitrogen and oxygen atoms in total. The molecular formula is C36H18N2S. The Hall–Kier alpha value is -4.86. The standard InChI is InChI=1S/C36H18N2S/c1-4-13-27-19(8-1)26-18-29-31(32-24-10-2-5-14-28(24)37(27)34(26)32)25-12-7-11-21-22-16-17-23-20-9-3-6-15-30(20)39-36(23)35(22)38(29)33(21)25/h1-18H. The molecule has 3 heteroatoms. The predicted octanol–water partition coefficient (Wildman–Crippen LogP) is 10.4. The quantitative estimate of drug-likeness (QED) is 0.192. The lowest BCUT2D eigenvalue weighted by molar-refractivity contribution is 1.37. The predicted molar refractivity (Wildman–Crippen MR) is 169 cm³/mol. The molecule has 5 aromatic heterocycles. The molecule has 11 aromatic rings. The van der Waals surface area contributed by atoms with Gasteiger partial charge in [0.1, 0.15) is 0 Å². The van der Waals surface area contributed by atoms with Gasteiger partial charge in [0.25, 0.3) is 0 Å². The summed E-state index contributed by atoms with van der Waals surface area (Å²) in [5.74, 6) is 0. The van der Waals surface area contributed by atoms with Crippen molar-refractivity contribution in [3.63, 3.8) is 0 Å². The van der Waals surface area contributed by atoms with E-state index in [1.807, 2.05) is 11.3 Å². The van der Waals surface area contributed by atoms with E-state index in [9.17, 15) is 0 Å². The Bertz CT molecular complexity index is 2820. The minimum absolute atomic E-state index is 1.28. The van der Waals surface area contributed by atoms with Gasteiger partial charge in [-0.1, -0.05) is 84.9 Å². The van der Waals surface area contributed by atoms with E-state index in [2.05, 4.69) is 118 Å². The Kier molecular flexibility index (Phi) is 3.07. The molecule has 11 rings (SSSR count). The first-order valence-corrected chi connectivity index (χ1v) is 14.3. The number of benzene rings is 6. The molecule has 0 saturated heterocycles. The Labute approximate surface area is 225 Å². The van der Waals surface area contributed by atoms with Gasteiger partial charge >= 0.3 is 0 Å². The molecule has 0 spiro atoms. The number of aromatic nitrogens is 2. The van der Waals surface area contributed by atoms with Gasteiger partial charge < -0.3 is 8.80 Å². The van der Waals surface area contributed by atoms with Crippen LogP contribution >= 0.6 is 11.3 Å². The Morgan fingerprint density at radius 2 is 1.05 bits per heavy atom. The molecule has 0 aliphatic rings. The summed E-state index contributed by atoms with van der Waals surface area (Å²) in [7, 11) is 0. The van der Waals surface area contributed by atoms with E-state index in [0.717, 1.165) is 0 Å². The van der Waals surface area contributed by atoms with Crippen LogP contribution in [0.15, 0.2) is 109 Å². The van der Waals surface area contributed by atoms with Gasteiger partial charge in [-0.2, -0.15) is 0 Å². The van der Waals surface area contributed by atoms with Crippen molar-refractivity contribution in [1.82, 2.24) is 8.80 Å². The summed E-state index contributed by atoms with van der Waals surface area (Å²) < 4.78 is 7.81. The van der Waals surface area contributed by atoms with Crippen LogP contribution in [0.1, 0.15) is 0 Å². The zero-order chi connectivity index (χ0) is 25.0. The van der Waals surface area contributed by atoms with Crippen molar-refractivity contribution in [2.75, 3.05) is 0 Å². The van der Waals surface area contributed by atoms with Crippen molar-refractivity contribution in [1.29, 1.82) is 0 Å². The molecule has 0 amide bonds. The third kappa shape index (κ3) is 1.99. The van der Waals surface area contributed by atoms with Crippen LogP contribution in [0.3, 0.4) is 0 Å². The van der Waals surface area contributed by atoms with Crippen molar-refractivity contribution in [3.8, 4) is 0 Å². The van der Waals surface area contributed by atoms with Crippen LogP contribution in [-0.4, -0.2) is 8.80 Å². The van der Waals surface area contributed by atoms with E-state index in [1.54, 1.807) is 0 Å². The summed E-state index contributed by atoms with van der Waals surface area (Å²) in [5, 5.41) is 13.5. The minimum Gasteiger partial charge on any atom is -0.308 e. The van der Waals surface area contributed by atoms with E-state index < -0.39 is 0 Å². The van der Waals surface area contributed by atoms with Crippen LogP contribution in [0.25, 0.3) is 96.4 Å². The van der Waals surface area contributed by atoms with Crippen molar-refractivity contribution >= 4 is 108 Å². The Morgan fingerprint density at radius 3 is 1.95 bits per heavy atom. The second-order valence-electron chi connectivity index (χ2n) is 10.9. The molecule has 0 saturated carbocycles. The highest BCUT2D eigenvalue weighted by molar-refractivity contribution is 7.26. The average molecular weight is 511 g/mol. The second kappa shape index (κ2) is 6.23. The molecule has 0 fully saturated rings. The van der Waals surface area contributed by atoms with Crippen molar-refractivity contribution in [2.45, 2.75) is 0 Å². The van der Waals surface area contributed by atoms with Crippen LogP contribution in [0.2, 0.25) is 0 Å². The fourth-order valence-electron chi connectivity index (χ4n) is 7.72. The van der Waals surface area contributed by atoms with Gasteiger partial charge in [0, 0.05) is 58.6 Å². The van der Waals surface area contributed by atoms with Gasteiger partial charge in [0.05, 0.1) is 37.8 Å². The first kappa shape index (κ1) is 19.2.